The molecule has 3 aromatic carbocycles. The number of hydrogen-bond donors (Lipinski definition) is 2. The van der Waals surface area contributed by atoms with E-state index in [1.807, 2.05) is 42.6 Å². The Labute approximate surface area is 150 Å². The molecule has 4 heteroatoms. The number of fused-ring (bicyclic) bond motifs is 1. The Balaban J connectivity index is 1.67. The van der Waals surface area contributed by atoms with Gasteiger partial charge in [0.2, 0.25) is 0 Å². The van der Waals surface area contributed by atoms with Gasteiger partial charge in [-0.05, 0) is 41.3 Å². The zero-order valence-electron chi connectivity index (χ0n) is 13.3. The van der Waals surface area contributed by atoms with E-state index in [9.17, 15) is 4.79 Å². The third kappa shape index (κ3) is 3.02. The summed E-state index contributed by atoms with van der Waals surface area (Å²) in [6.45, 7) is 0. The van der Waals surface area contributed by atoms with E-state index in [-0.39, 0.29) is 5.91 Å². The quantitative estimate of drug-likeness (QED) is 0.488. The van der Waals surface area contributed by atoms with Crippen LogP contribution in [0.1, 0.15) is 10.4 Å². The molecule has 4 rings (SSSR count). The van der Waals surface area contributed by atoms with Crippen LogP contribution in [0, 0.1) is 0 Å². The molecule has 1 amide bonds. The molecule has 0 aliphatic rings. The SMILES string of the molecule is O=C(Nc1cccc(-c2cccc3cc[nH]c23)c1)c1ccccc1Cl. The van der Waals surface area contributed by atoms with E-state index < -0.39 is 0 Å². The highest BCUT2D eigenvalue weighted by Crippen LogP contribution is 2.29. The van der Waals surface area contributed by atoms with Crippen molar-refractivity contribution in [1.82, 2.24) is 4.98 Å². The fourth-order valence-electron chi connectivity index (χ4n) is 2.93. The van der Waals surface area contributed by atoms with E-state index in [0.717, 1.165) is 27.7 Å². The van der Waals surface area contributed by atoms with Gasteiger partial charge in [-0.15, -0.1) is 0 Å². The summed E-state index contributed by atoms with van der Waals surface area (Å²) in [7, 11) is 0. The Morgan fingerprint density at radius 2 is 1.76 bits per heavy atom. The third-order valence-electron chi connectivity index (χ3n) is 4.14. The van der Waals surface area contributed by atoms with Crippen molar-refractivity contribution in [3.05, 3.63) is 89.6 Å². The summed E-state index contributed by atoms with van der Waals surface area (Å²) < 4.78 is 0. The Bertz CT molecular complexity index is 1070. The highest BCUT2D eigenvalue weighted by Gasteiger charge is 2.11. The fraction of sp³-hybridized carbons (Fsp3) is 0. The number of benzene rings is 3. The number of anilines is 1. The molecule has 0 saturated heterocycles. The predicted octanol–water partition coefficient (Wildman–Crippen LogP) is 5.74. The average Bonchev–Trinajstić information content (AvgIpc) is 3.11. The number of carbonyl (C=O) groups is 1. The van der Waals surface area contributed by atoms with Crippen LogP contribution in [0.25, 0.3) is 22.0 Å². The van der Waals surface area contributed by atoms with Gasteiger partial charge in [0, 0.05) is 17.4 Å². The molecule has 0 bridgehead atoms. The Hall–Kier alpha value is -3.04. The van der Waals surface area contributed by atoms with Crippen molar-refractivity contribution in [1.29, 1.82) is 0 Å². The van der Waals surface area contributed by atoms with Gasteiger partial charge in [-0.2, -0.15) is 0 Å². The van der Waals surface area contributed by atoms with Crippen LogP contribution in [0.15, 0.2) is 79.0 Å². The van der Waals surface area contributed by atoms with Crippen molar-refractivity contribution < 1.29 is 4.79 Å². The van der Waals surface area contributed by atoms with Crippen LogP contribution >= 0.6 is 11.6 Å². The number of rotatable bonds is 3. The van der Waals surface area contributed by atoms with Gasteiger partial charge in [0.05, 0.1) is 16.1 Å². The largest absolute Gasteiger partial charge is 0.361 e. The lowest BCUT2D eigenvalue weighted by molar-refractivity contribution is 0.102. The van der Waals surface area contributed by atoms with Crippen LogP contribution in [-0.4, -0.2) is 10.9 Å². The molecule has 1 aromatic heterocycles. The zero-order valence-corrected chi connectivity index (χ0v) is 14.0. The smallest absolute Gasteiger partial charge is 0.257 e. The van der Waals surface area contributed by atoms with E-state index in [1.165, 1.54) is 0 Å². The van der Waals surface area contributed by atoms with E-state index in [2.05, 4.69) is 22.4 Å². The average molecular weight is 347 g/mol. The highest BCUT2D eigenvalue weighted by molar-refractivity contribution is 6.34. The molecule has 0 saturated carbocycles. The molecule has 25 heavy (non-hydrogen) atoms. The lowest BCUT2D eigenvalue weighted by Gasteiger charge is -2.09. The number of amides is 1. The molecule has 122 valence electrons. The molecule has 1 heterocycles. The number of aromatic amines is 1. The van der Waals surface area contributed by atoms with Crippen LogP contribution < -0.4 is 5.32 Å². The first-order valence-electron chi connectivity index (χ1n) is 7.95. The summed E-state index contributed by atoms with van der Waals surface area (Å²) in [6, 6.07) is 23.0. The number of carbonyl (C=O) groups excluding carboxylic acids is 1. The second-order valence-electron chi connectivity index (χ2n) is 5.76. The maximum atomic E-state index is 12.5. The van der Waals surface area contributed by atoms with Gasteiger partial charge in [-0.3, -0.25) is 4.79 Å². The van der Waals surface area contributed by atoms with E-state index >= 15 is 0 Å². The monoisotopic (exact) mass is 346 g/mol. The summed E-state index contributed by atoms with van der Waals surface area (Å²) in [4.78, 5) is 15.7. The first kappa shape index (κ1) is 15.5. The standard InChI is InChI=1S/C21H15ClN2O/c22-19-10-2-1-8-18(19)21(25)24-16-7-3-6-15(13-16)17-9-4-5-14-11-12-23-20(14)17/h1-13,23H,(H,24,25). The number of H-pyrrole nitrogens is 1. The molecule has 0 fully saturated rings. The van der Waals surface area contributed by atoms with Gasteiger partial charge < -0.3 is 10.3 Å². The van der Waals surface area contributed by atoms with E-state index in [4.69, 9.17) is 11.6 Å². The molecule has 0 aliphatic carbocycles. The van der Waals surface area contributed by atoms with E-state index in [0.29, 0.717) is 10.6 Å². The normalized spacial score (nSPS) is 10.8. The summed E-state index contributed by atoms with van der Waals surface area (Å²) in [6.07, 6.45) is 1.93. The van der Waals surface area contributed by atoms with Crippen molar-refractivity contribution in [2.24, 2.45) is 0 Å². The van der Waals surface area contributed by atoms with Gasteiger partial charge in [-0.1, -0.05) is 54.1 Å². The van der Waals surface area contributed by atoms with Crippen LogP contribution in [0.2, 0.25) is 5.02 Å². The lowest BCUT2D eigenvalue weighted by Crippen LogP contribution is -2.12. The lowest BCUT2D eigenvalue weighted by atomic mass is 10.0. The minimum atomic E-state index is -0.221. The third-order valence-corrected chi connectivity index (χ3v) is 4.47. The van der Waals surface area contributed by atoms with Crippen LogP contribution in [0.5, 0.6) is 0 Å². The van der Waals surface area contributed by atoms with Crippen LogP contribution in [-0.2, 0) is 0 Å². The maximum absolute atomic E-state index is 12.5. The fourth-order valence-corrected chi connectivity index (χ4v) is 3.16. The van der Waals surface area contributed by atoms with Crippen molar-refractivity contribution in [2.75, 3.05) is 5.32 Å². The molecule has 0 aliphatic heterocycles. The maximum Gasteiger partial charge on any atom is 0.257 e. The van der Waals surface area contributed by atoms with Crippen LogP contribution in [0.4, 0.5) is 5.69 Å². The number of hydrogen-bond acceptors (Lipinski definition) is 1. The summed E-state index contributed by atoms with van der Waals surface area (Å²) in [5.41, 5.74) is 4.39. The van der Waals surface area contributed by atoms with Gasteiger partial charge in [-0.25, -0.2) is 0 Å². The molecule has 4 aromatic rings. The van der Waals surface area contributed by atoms with Gasteiger partial charge in [0.25, 0.3) is 5.91 Å². The molecule has 0 radical (unpaired) electrons. The van der Waals surface area contributed by atoms with Gasteiger partial charge in [0.1, 0.15) is 0 Å². The van der Waals surface area contributed by atoms with Crippen molar-refractivity contribution in [3.8, 4) is 11.1 Å². The highest BCUT2D eigenvalue weighted by atomic mass is 35.5. The predicted molar refractivity (Wildman–Crippen MR) is 103 cm³/mol. The minimum absolute atomic E-state index is 0.221. The number of para-hydroxylation sites is 1. The topological polar surface area (TPSA) is 44.9 Å². The molecular formula is C21H15ClN2O. The summed E-state index contributed by atoms with van der Waals surface area (Å²) in [5, 5.41) is 4.51. The van der Waals surface area contributed by atoms with Gasteiger partial charge >= 0.3 is 0 Å². The molecule has 3 nitrogen and oxygen atoms in total. The van der Waals surface area contributed by atoms with Crippen molar-refractivity contribution >= 4 is 34.1 Å². The first-order valence-corrected chi connectivity index (χ1v) is 8.32. The molecule has 2 N–H and O–H groups in total. The minimum Gasteiger partial charge on any atom is -0.361 e. The number of halogens is 1. The number of nitrogens with one attached hydrogen (secondary N) is 2. The Kier molecular flexibility index (Phi) is 4.00. The summed E-state index contributed by atoms with van der Waals surface area (Å²) >= 11 is 6.10. The van der Waals surface area contributed by atoms with Crippen molar-refractivity contribution in [2.45, 2.75) is 0 Å². The molecule has 0 atom stereocenters. The van der Waals surface area contributed by atoms with E-state index in [1.54, 1.807) is 24.3 Å². The molecule has 0 spiro atoms. The molecule has 0 unspecified atom stereocenters. The van der Waals surface area contributed by atoms with Crippen LogP contribution in [0.3, 0.4) is 0 Å². The van der Waals surface area contributed by atoms with Crippen molar-refractivity contribution in [3.63, 3.8) is 0 Å². The summed E-state index contributed by atoms with van der Waals surface area (Å²) in [5.74, 6) is -0.221. The zero-order chi connectivity index (χ0) is 17.2. The molecular weight excluding hydrogens is 332 g/mol. The first-order chi connectivity index (χ1) is 12.2. The second kappa shape index (κ2) is 6.46. The second-order valence-corrected chi connectivity index (χ2v) is 6.17. The number of aromatic nitrogens is 1. The Morgan fingerprint density at radius 1 is 0.920 bits per heavy atom. The Morgan fingerprint density at radius 3 is 2.64 bits per heavy atom. The van der Waals surface area contributed by atoms with Gasteiger partial charge in [0.15, 0.2) is 0 Å².